The second-order valence-electron chi connectivity index (χ2n) is 6.22. The number of para-hydroxylation sites is 2. The molecule has 0 bridgehead atoms. The van der Waals surface area contributed by atoms with Gasteiger partial charge < -0.3 is 9.80 Å². The molecule has 0 aliphatic heterocycles. The van der Waals surface area contributed by atoms with E-state index in [0.29, 0.717) is 5.57 Å². The van der Waals surface area contributed by atoms with E-state index in [-0.39, 0.29) is 0 Å². The first kappa shape index (κ1) is 18.8. The lowest BCUT2D eigenvalue weighted by Crippen LogP contribution is -2.29. The van der Waals surface area contributed by atoms with Crippen molar-refractivity contribution in [3.8, 4) is 6.07 Å². The highest BCUT2D eigenvalue weighted by molar-refractivity contribution is 5.76. The molecule has 3 rings (SSSR count). The number of nitrogens with zero attached hydrogens (tertiary/aromatic N) is 3. The third-order valence-electron chi connectivity index (χ3n) is 4.40. The van der Waals surface area contributed by atoms with E-state index >= 15 is 0 Å². The summed E-state index contributed by atoms with van der Waals surface area (Å²) in [5.41, 5.74) is 9.61. The molecule has 0 spiro atoms. The van der Waals surface area contributed by atoms with E-state index in [9.17, 15) is 5.26 Å². The first-order valence-electron chi connectivity index (χ1n) is 8.99. The molecule has 0 unspecified atom stereocenters. The topological polar surface area (TPSA) is 30.3 Å². The Morgan fingerprint density at radius 1 is 0.643 bits per heavy atom. The van der Waals surface area contributed by atoms with Crippen LogP contribution in [0.4, 0.5) is 11.4 Å². The van der Waals surface area contributed by atoms with Crippen molar-refractivity contribution in [2.75, 3.05) is 23.9 Å². The quantitative estimate of drug-likeness (QED) is 0.445. The molecule has 0 atom stereocenters. The molecular formula is C25H21N3. The van der Waals surface area contributed by atoms with Crippen LogP contribution in [0.25, 0.3) is 5.57 Å². The van der Waals surface area contributed by atoms with Gasteiger partial charge in [-0.15, -0.1) is 0 Å². The van der Waals surface area contributed by atoms with Crippen LogP contribution in [0.5, 0.6) is 0 Å². The van der Waals surface area contributed by atoms with Crippen LogP contribution in [-0.2, 0) is 0 Å². The highest BCUT2D eigenvalue weighted by Crippen LogP contribution is 2.23. The third-order valence-corrected chi connectivity index (χ3v) is 4.40. The summed E-state index contributed by atoms with van der Waals surface area (Å²) < 4.78 is 0. The fourth-order valence-corrected chi connectivity index (χ4v) is 2.83. The molecule has 0 fully saturated rings. The lowest BCUT2D eigenvalue weighted by molar-refractivity contribution is 0.981. The van der Waals surface area contributed by atoms with Crippen LogP contribution in [0, 0.1) is 11.3 Å². The van der Waals surface area contributed by atoms with Crippen molar-refractivity contribution in [2.45, 2.75) is 0 Å². The van der Waals surface area contributed by atoms with Gasteiger partial charge in [-0.1, -0.05) is 66.7 Å². The van der Waals surface area contributed by atoms with Crippen molar-refractivity contribution >= 4 is 16.9 Å². The number of nitriles is 1. The van der Waals surface area contributed by atoms with Crippen molar-refractivity contribution < 1.29 is 0 Å². The molecule has 0 radical (unpaired) electrons. The Hall–Kier alpha value is -3.95. The molecule has 28 heavy (non-hydrogen) atoms. The van der Waals surface area contributed by atoms with Gasteiger partial charge in [0.25, 0.3) is 0 Å². The van der Waals surface area contributed by atoms with Crippen molar-refractivity contribution in [3.63, 3.8) is 0 Å². The summed E-state index contributed by atoms with van der Waals surface area (Å²) in [7, 11) is 3.96. The van der Waals surface area contributed by atoms with Gasteiger partial charge in [0, 0.05) is 31.0 Å². The highest BCUT2D eigenvalue weighted by atomic mass is 15.3. The summed E-state index contributed by atoms with van der Waals surface area (Å²) in [6.45, 7) is 0. The van der Waals surface area contributed by atoms with Crippen LogP contribution in [0.1, 0.15) is 5.56 Å². The minimum atomic E-state index is 0.445. The minimum absolute atomic E-state index is 0.445. The zero-order chi connectivity index (χ0) is 19.8. The monoisotopic (exact) mass is 363 g/mol. The maximum Gasteiger partial charge on any atom is 0.166 e. The van der Waals surface area contributed by atoms with Crippen LogP contribution >= 0.6 is 0 Å². The van der Waals surface area contributed by atoms with E-state index in [1.165, 1.54) is 0 Å². The summed E-state index contributed by atoms with van der Waals surface area (Å²) in [6, 6.07) is 31.9. The Morgan fingerprint density at radius 3 is 1.50 bits per heavy atom. The van der Waals surface area contributed by atoms with Gasteiger partial charge in [0.05, 0.1) is 0 Å². The largest absolute Gasteiger partial charge is 0.324 e. The number of rotatable bonds is 5. The van der Waals surface area contributed by atoms with Gasteiger partial charge in [0.1, 0.15) is 11.6 Å². The molecule has 3 aromatic rings. The number of anilines is 2. The zero-order valence-electron chi connectivity index (χ0n) is 16.0. The lowest BCUT2D eigenvalue weighted by atomic mass is 10.1. The molecule has 0 amide bonds. The minimum Gasteiger partial charge on any atom is -0.324 e. The molecule has 0 aliphatic carbocycles. The van der Waals surface area contributed by atoms with Gasteiger partial charge >= 0.3 is 0 Å². The second kappa shape index (κ2) is 9.12. The van der Waals surface area contributed by atoms with Crippen molar-refractivity contribution in [3.05, 3.63) is 114 Å². The predicted molar refractivity (Wildman–Crippen MR) is 116 cm³/mol. The molecule has 0 saturated heterocycles. The molecular weight excluding hydrogens is 342 g/mol. The summed E-state index contributed by atoms with van der Waals surface area (Å²) in [5.74, 6) is 0.779. The standard InChI is InChI=1S/C25H21N3/c1-27(23-14-8-4-9-15-23)25(28(2)24-16-10-5-11-17-24)19-18-22(20-26)21-12-6-3-7-13-21/h3-17H,1-2H3. The molecule has 3 aromatic carbocycles. The second-order valence-corrected chi connectivity index (χ2v) is 6.22. The van der Waals surface area contributed by atoms with Gasteiger partial charge in [-0.25, -0.2) is 0 Å². The summed E-state index contributed by atoms with van der Waals surface area (Å²) in [6.07, 6.45) is 0. The molecule has 0 aromatic heterocycles. The van der Waals surface area contributed by atoms with Crippen LogP contribution in [0.2, 0.25) is 0 Å². The van der Waals surface area contributed by atoms with Crippen LogP contribution in [0.15, 0.2) is 108 Å². The maximum absolute atomic E-state index is 9.58. The Bertz CT molecular complexity index is 1000. The molecule has 136 valence electrons. The fraction of sp³-hybridized carbons (Fsp3) is 0.0800. The van der Waals surface area contributed by atoms with E-state index in [1.807, 2.05) is 115 Å². The molecule has 0 saturated carbocycles. The Kier molecular flexibility index (Phi) is 6.13. The van der Waals surface area contributed by atoms with E-state index in [1.54, 1.807) is 0 Å². The van der Waals surface area contributed by atoms with Crippen LogP contribution in [0.3, 0.4) is 0 Å². The maximum atomic E-state index is 9.58. The van der Waals surface area contributed by atoms with Crippen molar-refractivity contribution in [1.82, 2.24) is 0 Å². The summed E-state index contributed by atoms with van der Waals surface area (Å²) in [5, 5.41) is 9.58. The van der Waals surface area contributed by atoms with Crippen LogP contribution in [-0.4, -0.2) is 14.1 Å². The Labute approximate surface area is 166 Å². The number of allylic oxidation sites excluding steroid dienone is 1. The molecule has 3 nitrogen and oxygen atoms in total. The Balaban J connectivity index is 2.17. The molecule has 0 N–H and O–H groups in total. The molecule has 3 heteroatoms. The fourth-order valence-electron chi connectivity index (χ4n) is 2.83. The van der Waals surface area contributed by atoms with Gasteiger partial charge in [-0.3, -0.25) is 0 Å². The van der Waals surface area contributed by atoms with Gasteiger partial charge in [-0.2, -0.15) is 5.26 Å². The first-order chi connectivity index (χ1) is 13.7. The van der Waals surface area contributed by atoms with Crippen molar-refractivity contribution in [2.24, 2.45) is 0 Å². The van der Waals surface area contributed by atoms with E-state index in [4.69, 9.17) is 0 Å². The van der Waals surface area contributed by atoms with E-state index < -0.39 is 0 Å². The zero-order valence-corrected chi connectivity index (χ0v) is 16.0. The molecule has 0 aliphatic rings. The average molecular weight is 363 g/mol. The lowest BCUT2D eigenvalue weighted by Gasteiger charge is -2.29. The normalized spacial score (nSPS) is 9.46. The average Bonchev–Trinajstić information content (AvgIpc) is 2.78. The number of hydrogen-bond acceptors (Lipinski definition) is 3. The number of hydrogen-bond donors (Lipinski definition) is 0. The summed E-state index contributed by atoms with van der Waals surface area (Å²) in [4.78, 5) is 4.06. The van der Waals surface area contributed by atoms with Crippen LogP contribution < -0.4 is 9.80 Å². The SMILES string of the molecule is CN(C(=C=C=C(C#N)c1ccccc1)N(C)c1ccccc1)c1ccccc1. The Morgan fingerprint density at radius 2 is 1.07 bits per heavy atom. The third kappa shape index (κ3) is 4.41. The van der Waals surface area contributed by atoms with E-state index in [0.717, 1.165) is 22.8 Å². The smallest absolute Gasteiger partial charge is 0.166 e. The van der Waals surface area contributed by atoms with Gasteiger partial charge in [0.15, 0.2) is 5.82 Å². The molecule has 0 heterocycles. The number of benzene rings is 3. The van der Waals surface area contributed by atoms with Crippen molar-refractivity contribution in [1.29, 1.82) is 5.26 Å². The van der Waals surface area contributed by atoms with E-state index in [2.05, 4.69) is 17.5 Å². The van der Waals surface area contributed by atoms with Gasteiger partial charge in [-0.05, 0) is 35.7 Å². The first-order valence-corrected chi connectivity index (χ1v) is 8.99. The van der Waals surface area contributed by atoms with Gasteiger partial charge in [0.2, 0.25) is 0 Å². The highest BCUT2D eigenvalue weighted by Gasteiger charge is 2.13. The predicted octanol–water partition coefficient (Wildman–Crippen LogP) is 5.46. The summed E-state index contributed by atoms with van der Waals surface area (Å²) >= 11 is 0.